The third-order valence-corrected chi connectivity index (χ3v) is 5.42. The molecular formula is C20H22O7. The largest absolute Gasteiger partial charge is 0.504 e. The van der Waals surface area contributed by atoms with Crippen molar-refractivity contribution in [2.45, 2.75) is 12.2 Å². The lowest BCUT2D eigenvalue weighted by Crippen LogP contribution is -2.14. The smallest absolute Gasteiger partial charge is 0.200 e. The zero-order valence-corrected chi connectivity index (χ0v) is 15.1. The van der Waals surface area contributed by atoms with Gasteiger partial charge in [-0.25, -0.2) is 0 Å². The van der Waals surface area contributed by atoms with Crippen molar-refractivity contribution in [3.63, 3.8) is 0 Å². The van der Waals surface area contributed by atoms with Crippen molar-refractivity contribution in [2.75, 3.05) is 27.4 Å². The Morgan fingerprint density at radius 2 is 1.37 bits per heavy atom. The minimum absolute atomic E-state index is 0.0861. The molecule has 0 unspecified atom stereocenters. The average Bonchev–Trinajstić information content (AvgIpc) is 3.26. The van der Waals surface area contributed by atoms with Crippen molar-refractivity contribution in [3.05, 3.63) is 41.5 Å². The summed E-state index contributed by atoms with van der Waals surface area (Å²) in [5.41, 5.74) is 1.66. The molecule has 0 aliphatic carbocycles. The van der Waals surface area contributed by atoms with Crippen molar-refractivity contribution in [1.29, 1.82) is 0 Å². The second kappa shape index (κ2) is 6.83. The SMILES string of the molecule is COc1cc([C@H]2OC[C@H]3[C@@H]2CO[C@@H]3c2cc(O)c(O)c(OC)c2)ccc1O. The molecule has 0 spiro atoms. The van der Waals surface area contributed by atoms with Gasteiger partial charge in [0.05, 0.1) is 39.6 Å². The van der Waals surface area contributed by atoms with Gasteiger partial charge in [0.25, 0.3) is 0 Å². The summed E-state index contributed by atoms with van der Waals surface area (Å²) in [7, 11) is 2.94. The Morgan fingerprint density at radius 3 is 2.00 bits per heavy atom. The van der Waals surface area contributed by atoms with E-state index < -0.39 is 0 Å². The van der Waals surface area contributed by atoms with Gasteiger partial charge in [-0.1, -0.05) is 6.07 Å². The van der Waals surface area contributed by atoms with Crippen LogP contribution in [0.3, 0.4) is 0 Å². The Balaban J connectivity index is 1.60. The Hall–Kier alpha value is -2.64. The lowest BCUT2D eigenvalue weighted by Gasteiger charge is -2.18. The van der Waals surface area contributed by atoms with Gasteiger partial charge in [-0.3, -0.25) is 0 Å². The van der Waals surface area contributed by atoms with Crippen molar-refractivity contribution < 1.29 is 34.3 Å². The molecule has 0 aromatic heterocycles. The molecule has 144 valence electrons. The first-order valence-electron chi connectivity index (χ1n) is 8.73. The molecule has 0 saturated carbocycles. The number of phenols is 3. The molecule has 2 aromatic carbocycles. The van der Waals surface area contributed by atoms with E-state index in [1.165, 1.54) is 20.3 Å². The van der Waals surface area contributed by atoms with Crippen LogP contribution in [0.5, 0.6) is 28.7 Å². The van der Waals surface area contributed by atoms with Crippen LogP contribution in [0.25, 0.3) is 0 Å². The summed E-state index contributed by atoms with van der Waals surface area (Å²) in [5.74, 6) is 0.402. The van der Waals surface area contributed by atoms with E-state index in [4.69, 9.17) is 18.9 Å². The van der Waals surface area contributed by atoms with E-state index in [1.54, 1.807) is 18.2 Å². The molecule has 3 N–H and O–H groups in total. The molecule has 4 atom stereocenters. The first-order valence-corrected chi connectivity index (χ1v) is 8.73. The minimum Gasteiger partial charge on any atom is -0.504 e. The minimum atomic E-state index is -0.285. The zero-order valence-electron chi connectivity index (χ0n) is 15.1. The molecule has 4 rings (SSSR count). The molecule has 7 heteroatoms. The number of aromatic hydroxyl groups is 3. The van der Waals surface area contributed by atoms with Gasteiger partial charge in [0.1, 0.15) is 0 Å². The van der Waals surface area contributed by atoms with Crippen LogP contribution in [0, 0.1) is 11.8 Å². The first-order chi connectivity index (χ1) is 13.0. The number of hydrogen-bond donors (Lipinski definition) is 3. The van der Waals surface area contributed by atoms with E-state index in [-0.39, 0.29) is 47.0 Å². The maximum absolute atomic E-state index is 9.97. The van der Waals surface area contributed by atoms with E-state index >= 15 is 0 Å². The molecule has 2 aromatic rings. The molecule has 2 heterocycles. The first kappa shape index (κ1) is 17.8. The number of rotatable bonds is 4. The van der Waals surface area contributed by atoms with Crippen LogP contribution in [0.15, 0.2) is 30.3 Å². The van der Waals surface area contributed by atoms with Crippen LogP contribution in [0.4, 0.5) is 0 Å². The van der Waals surface area contributed by atoms with Crippen LogP contribution >= 0.6 is 0 Å². The lowest BCUT2D eigenvalue weighted by atomic mass is 9.85. The van der Waals surface area contributed by atoms with Gasteiger partial charge < -0.3 is 34.3 Å². The van der Waals surface area contributed by atoms with Crippen LogP contribution in [0.1, 0.15) is 23.3 Å². The molecule has 2 aliphatic rings. The Bertz CT molecular complexity index is 850. The molecule has 2 fully saturated rings. The van der Waals surface area contributed by atoms with Gasteiger partial charge in [-0.15, -0.1) is 0 Å². The molecular weight excluding hydrogens is 352 g/mol. The highest BCUT2D eigenvalue weighted by molar-refractivity contribution is 5.52. The van der Waals surface area contributed by atoms with Gasteiger partial charge in [-0.05, 0) is 35.4 Å². The lowest BCUT2D eigenvalue weighted by molar-refractivity contribution is 0.0191. The molecule has 0 radical (unpaired) electrons. The molecule has 27 heavy (non-hydrogen) atoms. The Kier molecular flexibility index (Phi) is 4.49. The fourth-order valence-corrected chi connectivity index (χ4v) is 4.04. The van der Waals surface area contributed by atoms with Crippen molar-refractivity contribution >= 4 is 0 Å². The molecule has 0 bridgehead atoms. The highest BCUT2D eigenvalue weighted by Gasteiger charge is 2.48. The van der Waals surface area contributed by atoms with E-state index in [0.717, 1.165) is 11.1 Å². The normalized spacial score (nSPS) is 26.7. The predicted molar refractivity (Wildman–Crippen MR) is 95.3 cm³/mol. The highest BCUT2D eigenvalue weighted by atomic mass is 16.5. The van der Waals surface area contributed by atoms with Crippen molar-refractivity contribution in [3.8, 4) is 28.7 Å². The van der Waals surface area contributed by atoms with Gasteiger partial charge in [0.15, 0.2) is 23.0 Å². The second-order valence-electron chi connectivity index (χ2n) is 6.86. The number of fused-ring (bicyclic) bond motifs is 1. The monoisotopic (exact) mass is 374 g/mol. The fraction of sp³-hybridized carbons (Fsp3) is 0.400. The van der Waals surface area contributed by atoms with E-state index in [2.05, 4.69) is 0 Å². The fourth-order valence-electron chi connectivity index (χ4n) is 4.04. The van der Waals surface area contributed by atoms with Crippen molar-refractivity contribution in [2.24, 2.45) is 11.8 Å². The number of phenolic OH excluding ortho intramolecular Hbond substituents is 3. The quantitative estimate of drug-likeness (QED) is 0.708. The topological polar surface area (TPSA) is 97.6 Å². The van der Waals surface area contributed by atoms with Crippen LogP contribution < -0.4 is 9.47 Å². The van der Waals surface area contributed by atoms with Crippen LogP contribution in [-0.2, 0) is 9.47 Å². The van der Waals surface area contributed by atoms with Gasteiger partial charge >= 0.3 is 0 Å². The van der Waals surface area contributed by atoms with Crippen LogP contribution in [-0.4, -0.2) is 42.8 Å². The zero-order chi connectivity index (χ0) is 19.1. The standard InChI is InChI=1S/C20H22O7/c1-24-16-6-10(3-4-14(16)21)19-12-8-27-20(13(12)9-26-19)11-5-15(22)18(23)17(7-11)25-2/h3-7,12-13,19-23H,8-9H2,1-2H3/t12-,13-,19+,20+/m0/s1. The maximum Gasteiger partial charge on any atom is 0.200 e. The number of methoxy groups -OCH3 is 2. The third kappa shape index (κ3) is 2.93. The summed E-state index contributed by atoms with van der Waals surface area (Å²) in [6.07, 6.45) is -0.429. The van der Waals surface area contributed by atoms with E-state index in [1.807, 2.05) is 6.07 Å². The van der Waals surface area contributed by atoms with Crippen molar-refractivity contribution in [1.82, 2.24) is 0 Å². The third-order valence-electron chi connectivity index (χ3n) is 5.42. The summed E-state index contributed by atoms with van der Waals surface area (Å²) in [6.45, 7) is 1.01. The van der Waals surface area contributed by atoms with Gasteiger partial charge in [-0.2, -0.15) is 0 Å². The van der Waals surface area contributed by atoms with E-state index in [0.29, 0.717) is 19.0 Å². The Morgan fingerprint density at radius 1 is 0.778 bits per heavy atom. The van der Waals surface area contributed by atoms with Gasteiger partial charge in [0.2, 0.25) is 5.75 Å². The summed E-state index contributed by atoms with van der Waals surface area (Å²) >= 11 is 0. The number of ether oxygens (including phenoxy) is 4. The highest BCUT2D eigenvalue weighted by Crippen LogP contribution is 2.52. The summed E-state index contributed by atoms with van der Waals surface area (Å²) in [6, 6.07) is 8.39. The molecule has 7 nitrogen and oxygen atoms in total. The average molecular weight is 374 g/mol. The Labute approximate surface area is 156 Å². The maximum atomic E-state index is 9.97. The summed E-state index contributed by atoms with van der Waals surface area (Å²) in [5, 5.41) is 29.6. The molecule has 2 aliphatic heterocycles. The second-order valence-corrected chi connectivity index (χ2v) is 6.86. The number of hydrogen-bond acceptors (Lipinski definition) is 7. The molecule has 0 amide bonds. The summed E-state index contributed by atoms with van der Waals surface area (Å²) in [4.78, 5) is 0. The van der Waals surface area contributed by atoms with E-state index in [9.17, 15) is 15.3 Å². The van der Waals surface area contributed by atoms with Gasteiger partial charge in [0, 0.05) is 11.8 Å². The molecule has 2 saturated heterocycles. The van der Waals surface area contributed by atoms with Crippen LogP contribution in [0.2, 0.25) is 0 Å². The number of benzene rings is 2. The summed E-state index contributed by atoms with van der Waals surface area (Å²) < 4.78 is 22.4. The predicted octanol–water partition coefficient (Wildman–Crippen LogP) is 2.90.